The lowest BCUT2D eigenvalue weighted by atomic mass is 10.1. The number of nitrogens with one attached hydrogen (secondary N) is 2. The highest BCUT2D eigenvalue weighted by atomic mass is 15.0. The van der Waals surface area contributed by atoms with Crippen LogP contribution in [-0.2, 0) is 0 Å². The van der Waals surface area contributed by atoms with E-state index in [4.69, 9.17) is 0 Å². The zero-order valence-electron chi connectivity index (χ0n) is 9.10. The highest BCUT2D eigenvalue weighted by molar-refractivity contribution is 4.79. The summed E-state index contributed by atoms with van der Waals surface area (Å²) in [5.74, 6) is 0. The molecule has 78 valence electrons. The van der Waals surface area contributed by atoms with Crippen molar-refractivity contribution in [1.82, 2.24) is 10.6 Å². The zero-order chi connectivity index (χ0) is 9.52. The van der Waals surface area contributed by atoms with Gasteiger partial charge in [-0.1, -0.05) is 26.2 Å². The summed E-state index contributed by atoms with van der Waals surface area (Å²) in [4.78, 5) is 0. The first-order valence-electron chi connectivity index (χ1n) is 5.79. The first kappa shape index (κ1) is 11.0. The summed E-state index contributed by atoms with van der Waals surface area (Å²) in [7, 11) is 0. The lowest BCUT2D eigenvalue weighted by molar-refractivity contribution is 0.431. The number of hydrogen-bond acceptors (Lipinski definition) is 2. The summed E-state index contributed by atoms with van der Waals surface area (Å²) in [6.45, 7) is 6.93. The Morgan fingerprint density at radius 1 is 1.46 bits per heavy atom. The van der Waals surface area contributed by atoms with E-state index in [1.54, 1.807) is 0 Å². The van der Waals surface area contributed by atoms with Crippen LogP contribution in [0.3, 0.4) is 0 Å². The molecule has 0 spiro atoms. The Labute approximate surface area is 82.5 Å². The molecule has 1 rings (SSSR count). The fourth-order valence-corrected chi connectivity index (χ4v) is 1.98. The van der Waals surface area contributed by atoms with E-state index in [-0.39, 0.29) is 0 Å². The van der Waals surface area contributed by atoms with Crippen molar-refractivity contribution in [3.8, 4) is 0 Å². The van der Waals surface area contributed by atoms with Crippen LogP contribution in [0.5, 0.6) is 0 Å². The SMILES string of the molecule is CCCCCC(C)NC1CCNC1. The van der Waals surface area contributed by atoms with Crippen LogP contribution in [-0.4, -0.2) is 25.2 Å². The van der Waals surface area contributed by atoms with Gasteiger partial charge >= 0.3 is 0 Å². The molecule has 1 fully saturated rings. The second-order valence-electron chi connectivity index (χ2n) is 4.25. The van der Waals surface area contributed by atoms with E-state index < -0.39 is 0 Å². The molecule has 0 saturated carbocycles. The van der Waals surface area contributed by atoms with Crippen molar-refractivity contribution in [2.24, 2.45) is 0 Å². The Morgan fingerprint density at radius 3 is 2.92 bits per heavy atom. The molecular weight excluding hydrogens is 160 g/mol. The van der Waals surface area contributed by atoms with Crippen molar-refractivity contribution >= 4 is 0 Å². The molecule has 0 aromatic heterocycles. The highest BCUT2D eigenvalue weighted by Crippen LogP contribution is 2.05. The summed E-state index contributed by atoms with van der Waals surface area (Å²) in [5, 5.41) is 7.06. The fourth-order valence-electron chi connectivity index (χ4n) is 1.98. The smallest absolute Gasteiger partial charge is 0.0207 e. The minimum absolute atomic E-state index is 0.705. The van der Waals surface area contributed by atoms with Gasteiger partial charge in [0.05, 0.1) is 0 Å². The summed E-state index contributed by atoms with van der Waals surface area (Å²) in [6, 6.07) is 1.44. The standard InChI is InChI=1S/C11H24N2/c1-3-4-5-6-10(2)13-11-7-8-12-9-11/h10-13H,3-9H2,1-2H3. The van der Waals surface area contributed by atoms with Gasteiger partial charge in [0.2, 0.25) is 0 Å². The zero-order valence-corrected chi connectivity index (χ0v) is 9.10. The van der Waals surface area contributed by atoms with Crippen LogP contribution < -0.4 is 10.6 Å². The summed E-state index contributed by atoms with van der Waals surface area (Å²) < 4.78 is 0. The molecule has 2 heteroatoms. The predicted octanol–water partition coefficient (Wildman–Crippen LogP) is 1.91. The highest BCUT2D eigenvalue weighted by Gasteiger charge is 2.15. The molecule has 1 aliphatic heterocycles. The van der Waals surface area contributed by atoms with Gasteiger partial charge in [0.25, 0.3) is 0 Å². The van der Waals surface area contributed by atoms with Crippen LogP contribution in [0, 0.1) is 0 Å². The van der Waals surface area contributed by atoms with E-state index in [0.29, 0.717) is 6.04 Å². The van der Waals surface area contributed by atoms with Crippen molar-refractivity contribution < 1.29 is 0 Å². The van der Waals surface area contributed by atoms with Crippen LogP contribution in [0.4, 0.5) is 0 Å². The summed E-state index contributed by atoms with van der Waals surface area (Å²) in [5.41, 5.74) is 0. The van der Waals surface area contributed by atoms with Gasteiger partial charge in [-0.3, -0.25) is 0 Å². The monoisotopic (exact) mass is 184 g/mol. The number of hydrogen-bond donors (Lipinski definition) is 2. The second kappa shape index (κ2) is 6.39. The van der Waals surface area contributed by atoms with E-state index in [0.717, 1.165) is 12.6 Å². The first-order chi connectivity index (χ1) is 6.33. The van der Waals surface area contributed by atoms with Crippen LogP contribution >= 0.6 is 0 Å². The Balaban J connectivity index is 1.99. The van der Waals surface area contributed by atoms with Gasteiger partial charge in [0.15, 0.2) is 0 Å². The molecule has 2 atom stereocenters. The molecule has 0 aliphatic carbocycles. The third-order valence-electron chi connectivity index (χ3n) is 2.82. The first-order valence-corrected chi connectivity index (χ1v) is 5.79. The molecular formula is C11H24N2. The molecule has 1 heterocycles. The molecule has 1 saturated heterocycles. The van der Waals surface area contributed by atoms with Crippen LogP contribution in [0.15, 0.2) is 0 Å². The van der Waals surface area contributed by atoms with Gasteiger partial charge in [0, 0.05) is 18.6 Å². The second-order valence-corrected chi connectivity index (χ2v) is 4.25. The van der Waals surface area contributed by atoms with Gasteiger partial charge < -0.3 is 10.6 Å². The summed E-state index contributed by atoms with van der Waals surface area (Å²) >= 11 is 0. The van der Waals surface area contributed by atoms with Crippen molar-refractivity contribution in [3.63, 3.8) is 0 Å². The topological polar surface area (TPSA) is 24.1 Å². The van der Waals surface area contributed by atoms with E-state index >= 15 is 0 Å². The average Bonchev–Trinajstić information content (AvgIpc) is 2.57. The predicted molar refractivity (Wildman–Crippen MR) is 58.0 cm³/mol. The molecule has 2 nitrogen and oxygen atoms in total. The van der Waals surface area contributed by atoms with Crippen LogP contribution in [0.1, 0.15) is 46.0 Å². The van der Waals surface area contributed by atoms with Crippen molar-refractivity contribution in [2.45, 2.75) is 58.0 Å². The van der Waals surface area contributed by atoms with Crippen molar-refractivity contribution in [2.75, 3.05) is 13.1 Å². The molecule has 2 N–H and O–H groups in total. The maximum Gasteiger partial charge on any atom is 0.0207 e. The molecule has 0 amide bonds. The minimum Gasteiger partial charge on any atom is -0.315 e. The van der Waals surface area contributed by atoms with Crippen LogP contribution in [0.2, 0.25) is 0 Å². The van der Waals surface area contributed by atoms with E-state index in [1.165, 1.54) is 38.6 Å². The molecule has 0 aromatic rings. The van der Waals surface area contributed by atoms with Gasteiger partial charge in [-0.05, 0) is 26.3 Å². The molecule has 1 aliphatic rings. The number of rotatable bonds is 6. The summed E-state index contributed by atoms with van der Waals surface area (Å²) in [6.07, 6.45) is 6.74. The molecule has 13 heavy (non-hydrogen) atoms. The van der Waals surface area contributed by atoms with Gasteiger partial charge in [-0.15, -0.1) is 0 Å². The van der Waals surface area contributed by atoms with E-state index in [2.05, 4.69) is 24.5 Å². The lowest BCUT2D eigenvalue weighted by Gasteiger charge is -2.18. The lowest BCUT2D eigenvalue weighted by Crippen LogP contribution is -2.37. The van der Waals surface area contributed by atoms with Crippen molar-refractivity contribution in [3.05, 3.63) is 0 Å². The Morgan fingerprint density at radius 2 is 2.31 bits per heavy atom. The molecule has 2 unspecified atom stereocenters. The van der Waals surface area contributed by atoms with Gasteiger partial charge in [0.1, 0.15) is 0 Å². The molecule has 0 bridgehead atoms. The third-order valence-corrected chi connectivity index (χ3v) is 2.82. The normalized spacial score (nSPS) is 24.9. The van der Waals surface area contributed by atoms with Crippen LogP contribution in [0.25, 0.3) is 0 Å². The minimum atomic E-state index is 0.705. The third kappa shape index (κ3) is 4.63. The fraction of sp³-hybridized carbons (Fsp3) is 1.00. The maximum atomic E-state index is 3.68. The molecule has 0 radical (unpaired) electrons. The Hall–Kier alpha value is -0.0800. The van der Waals surface area contributed by atoms with E-state index in [9.17, 15) is 0 Å². The quantitative estimate of drug-likeness (QED) is 0.616. The van der Waals surface area contributed by atoms with Gasteiger partial charge in [-0.25, -0.2) is 0 Å². The van der Waals surface area contributed by atoms with E-state index in [1.807, 2.05) is 0 Å². The maximum absolute atomic E-state index is 3.68. The van der Waals surface area contributed by atoms with Crippen molar-refractivity contribution in [1.29, 1.82) is 0 Å². The molecule has 0 aromatic carbocycles. The Bertz CT molecular complexity index is 119. The Kier molecular flexibility index (Phi) is 5.40. The van der Waals surface area contributed by atoms with Gasteiger partial charge in [-0.2, -0.15) is 0 Å². The average molecular weight is 184 g/mol. The number of unbranched alkanes of at least 4 members (excludes halogenated alkanes) is 2. The largest absolute Gasteiger partial charge is 0.315 e.